The lowest BCUT2D eigenvalue weighted by atomic mass is 9.78. The Morgan fingerprint density at radius 1 is 1.11 bits per heavy atom. The largest absolute Gasteiger partial charge is 0.480 e. The Balaban J connectivity index is 2.09. The summed E-state index contributed by atoms with van der Waals surface area (Å²) in [5.74, 6) is 0.0860. The summed E-state index contributed by atoms with van der Waals surface area (Å²) in [5.41, 5.74) is 0. The predicted molar refractivity (Wildman–Crippen MR) is 72.7 cm³/mol. The fourth-order valence-electron chi connectivity index (χ4n) is 3.54. The van der Waals surface area contributed by atoms with Crippen LogP contribution >= 0.6 is 0 Å². The number of hydrogen-bond acceptors (Lipinski definition) is 2. The SMILES string of the molecule is CC1CCN(C(=O)C2CCCCC2C)C(C(=O)O)C1. The summed E-state index contributed by atoms with van der Waals surface area (Å²) in [7, 11) is 0. The molecule has 1 aliphatic heterocycles. The molecule has 0 aromatic heterocycles. The van der Waals surface area contributed by atoms with Gasteiger partial charge in [-0.25, -0.2) is 4.79 Å². The molecule has 1 aliphatic carbocycles. The normalized spacial score (nSPS) is 36.0. The molecule has 4 unspecified atom stereocenters. The van der Waals surface area contributed by atoms with Gasteiger partial charge in [0, 0.05) is 12.5 Å². The van der Waals surface area contributed by atoms with E-state index in [1.54, 1.807) is 4.90 Å². The number of amides is 1. The number of carboxylic acid groups (broad SMARTS) is 1. The van der Waals surface area contributed by atoms with Gasteiger partial charge in [-0.15, -0.1) is 0 Å². The third-order valence-corrected chi connectivity index (χ3v) is 4.86. The van der Waals surface area contributed by atoms with Crippen LogP contribution in [-0.2, 0) is 9.59 Å². The molecule has 0 spiro atoms. The van der Waals surface area contributed by atoms with Gasteiger partial charge in [0.2, 0.25) is 5.91 Å². The highest BCUT2D eigenvalue weighted by atomic mass is 16.4. The van der Waals surface area contributed by atoms with Crippen LogP contribution in [0.3, 0.4) is 0 Å². The van der Waals surface area contributed by atoms with Crippen molar-refractivity contribution in [2.75, 3.05) is 6.54 Å². The van der Waals surface area contributed by atoms with Gasteiger partial charge < -0.3 is 10.0 Å². The molecule has 1 heterocycles. The van der Waals surface area contributed by atoms with E-state index >= 15 is 0 Å². The van der Waals surface area contributed by atoms with E-state index in [9.17, 15) is 14.7 Å². The Hall–Kier alpha value is -1.06. The van der Waals surface area contributed by atoms with Crippen molar-refractivity contribution in [2.45, 2.75) is 58.4 Å². The van der Waals surface area contributed by atoms with Crippen molar-refractivity contribution in [3.8, 4) is 0 Å². The summed E-state index contributed by atoms with van der Waals surface area (Å²) in [6.07, 6.45) is 5.85. The summed E-state index contributed by atoms with van der Waals surface area (Å²) in [5, 5.41) is 9.35. The third-order valence-electron chi connectivity index (χ3n) is 4.86. The zero-order valence-corrected chi connectivity index (χ0v) is 12.0. The highest BCUT2D eigenvalue weighted by Crippen LogP contribution is 2.33. The summed E-state index contributed by atoms with van der Waals surface area (Å²) in [6, 6.07) is -0.606. The van der Waals surface area contributed by atoms with Gasteiger partial charge in [0.1, 0.15) is 6.04 Å². The second kappa shape index (κ2) is 5.93. The van der Waals surface area contributed by atoms with E-state index in [1.165, 1.54) is 6.42 Å². The van der Waals surface area contributed by atoms with Crippen molar-refractivity contribution < 1.29 is 14.7 Å². The zero-order valence-electron chi connectivity index (χ0n) is 12.0. The topological polar surface area (TPSA) is 57.6 Å². The molecule has 4 atom stereocenters. The lowest BCUT2D eigenvalue weighted by Gasteiger charge is -2.40. The molecule has 0 radical (unpaired) electrons. The predicted octanol–water partition coefficient (Wildman–Crippen LogP) is 2.52. The molecule has 1 saturated carbocycles. The number of piperidine rings is 1. The van der Waals surface area contributed by atoms with Crippen molar-refractivity contribution in [1.29, 1.82) is 0 Å². The van der Waals surface area contributed by atoms with Crippen LogP contribution in [0.4, 0.5) is 0 Å². The van der Waals surface area contributed by atoms with E-state index in [4.69, 9.17) is 0 Å². The summed E-state index contributed by atoms with van der Waals surface area (Å²) in [4.78, 5) is 25.7. The van der Waals surface area contributed by atoms with Crippen LogP contribution in [0.1, 0.15) is 52.4 Å². The van der Waals surface area contributed by atoms with Gasteiger partial charge in [-0.05, 0) is 37.5 Å². The minimum atomic E-state index is -0.844. The van der Waals surface area contributed by atoms with Crippen LogP contribution in [0.5, 0.6) is 0 Å². The lowest BCUT2D eigenvalue weighted by Crippen LogP contribution is -2.52. The van der Waals surface area contributed by atoms with Gasteiger partial charge in [-0.1, -0.05) is 26.7 Å². The number of likely N-dealkylation sites (tertiary alicyclic amines) is 1. The molecule has 0 bridgehead atoms. The first-order chi connectivity index (χ1) is 9.00. The van der Waals surface area contributed by atoms with Crippen molar-refractivity contribution in [2.24, 2.45) is 17.8 Å². The fourth-order valence-corrected chi connectivity index (χ4v) is 3.54. The first-order valence-electron chi connectivity index (χ1n) is 7.54. The maximum absolute atomic E-state index is 12.6. The van der Waals surface area contributed by atoms with E-state index in [-0.39, 0.29) is 11.8 Å². The molecule has 1 N–H and O–H groups in total. The fraction of sp³-hybridized carbons (Fsp3) is 0.867. The van der Waals surface area contributed by atoms with Crippen LogP contribution in [0, 0.1) is 17.8 Å². The average Bonchev–Trinajstić information content (AvgIpc) is 2.38. The molecule has 108 valence electrons. The number of hydrogen-bond donors (Lipinski definition) is 1. The molecular formula is C15H25NO3. The molecular weight excluding hydrogens is 242 g/mol. The Morgan fingerprint density at radius 3 is 2.42 bits per heavy atom. The van der Waals surface area contributed by atoms with Gasteiger partial charge in [0.25, 0.3) is 0 Å². The van der Waals surface area contributed by atoms with Crippen molar-refractivity contribution in [3.63, 3.8) is 0 Å². The maximum atomic E-state index is 12.6. The van der Waals surface area contributed by atoms with E-state index in [2.05, 4.69) is 13.8 Å². The number of carboxylic acids is 1. The van der Waals surface area contributed by atoms with Crippen LogP contribution in [0.25, 0.3) is 0 Å². The number of nitrogens with zero attached hydrogens (tertiary/aromatic N) is 1. The Bertz CT molecular complexity index is 355. The van der Waals surface area contributed by atoms with Gasteiger partial charge in [-0.2, -0.15) is 0 Å². The Morgan fingerprint density at radius 2 is 1.79 bits per heavy atom. The minimum Gasteiger partial charge on any atom is -0.480 e. The minimum absolute atomic E-state index is 0.0454. The number of carbonyl (C=O) groups excluding carboxylic acids is 1. The van der Waals surface area contributed by atoms with Crippen molar-refractivity contribution >= 4 is 11.9 Å². The molecule has 1 amide bonds. The molecule has 2 aliphatic rings. The summed E-state index contributed by atoms with van der Waals surface area (Å²) >= 11 is 0. The van der Waals surface area contributed by atoms with E-state index in [0.717, 1.165) is 25.7 Å². The summed E-state index contributed by atoms with van der Waals surface area (Å²) in [6.45, 7) is 4.81. The van der Waals surface area contributed by atoms with E-state index < -0.39 is 12.0 Å². The molecule has 19 heavy (non-hydrogen) atoms. The quantitative estimate of drug-likeness (QED) is 0.836. The smallest absolute Gasteiger partial charge is 0.326 e. The standard InChI is InChI=1S/C15H25NO3/c1-10-7-8-16(13(9-10)15(18)19)14(17)12-6-4-3-5-11(12)2/h10-13H,3-9H2,1-2H3,(H,18,19). The molecule has 2 fully saturated rings. The Kier molecular flexibility index (Phi) is 4.48. The second-order valence-electron chi connectivity index (χ2n) is 6.38. The lowest BCUT2D eigenvalue weighted by molar-refractivity contribution is -0.156. The zero-order chi connectivity index (χ0) is 14.0. The Labute approximate surface area is 115 Å². The maximum Gasteiger partial charge on any atom is 0.326 e. The molecule has 1 saturated heterocycles. The van der Waals surface area contributed by atoms with Crippen LogP contribution in [-0.4, -0.2) is 34.5 Å². The van der Waals surface area contributed by atoms with Crippen LogP contribution < -0.4 is 0 Å². The first-order valence-corrected chi connectivity index (χ1v) is 7.54. The molecule has 0 aromatic carbocycles. The van der Waals surface area contributed by atoms with Gasteiger partial charge in [0.15, 0.2) is 0 Å². The van der Waals surface area contributed by atoms with Gasteiger partial charge in [-0.3, -0.25) is 4.79 Å². The average molecular weight is 267 g/mol. The molecule has 4 nitrogen and oxygen atoms in total. The van der Waals surface area contributed by atoms with Crippen molar-refractivity contribution in [1.82, 2.24) is 4.90 Å². The number of aliphatic carboxylic acids is 1. The monoisotopic (exact) mass is 267 g/mol. The van der Waals surface area contributed by atoms with Gasteiger partial charge >= 0.3 is 5.97 Å². The van der Waals surface area contributed by atoms with Crippen LogP contribution in [0.2, 0.25) is 0 Å². The highest BCUT2D eigenvalue weighted by molar-refractivity contribution is 5.85. The molecule has 4 heteroatoms. The van der Waals surface area contributed by atoms with Crippen LogP contribution in [0.15, 0.2) is 0 Å². The summed E-state index contributed by atoms with van der Waals surface area (Å²) < 4.78 is 0. The number of carbonyl (C=O) groups is 2. The third kappa shape index (κ3) is 3.10. The molecule has 2 rings (SSSR count). The first kappa shape index (κ1) is 14.4. The highest BCUT2D eigenvalue weighted by Gasteiger charge is 2.39. The van der Waals surface area contributed by atoms with E-state index in [0.29, 0.717) is 24.8 Å². The molecule has 0 aromatic rings. The van der Waals surface area contributed by atoms with E-state index in [1.807, 2.05) is 0 Å². The van der Waals surface area contributed by atoms with Crippen molar-refractivity contribution in [3.05, 3.63) is 0 Å². The number of rotatable bonds is 2. The second-order valence-corrected chi connectivity index (χ2v) is 6.38. The van der Waals surface area contributed by atoms with Gasteiger partial charge in [0.05, 0.1) is 0 Å².